The van der Waals surface area contributed by atoms with Crippen LogP contribution in [0.1, 0.15) is 34.6 Å². The fourth-order valence-electron chi connectivity index (χ4n) is 2.14. The van der Waals surface area contributed by atoms with Crippen LogP contribution in [-0.2, 0) is 37.4 Å². The summed E-state index contributed by atoms with van der Waals surface area (Å²) < 4.78 is 39.3. The van der Waals surface area contributed by atoms with Crippen LogP contribution in [0.3, 0.4) is 0 Å². The number of hydrogen-bond donors (Lipinski definition) is 0. The first-order valence-corrected chi connectivity index (χ1v) is 8.89. The molecule has 0 fully saturated rings. The van der Waals surface area contributed by atoms with Crippen molar-refractivity contribution in [1.82, 2.24) is 0 Å². The lowest BCUT2D eigenvalue weighted by Crippen LogP contribution is -2.46. The first-order valence-electron chi connectivity index (χ1n) is 7.34. The van der Waals surface area contributed by atoms with Crippen molar-refractivity contribution in [3.63, 3.8) is 0 Å². The summed E-state index contributed by atoms with van der Waals surface area (Å²) in [5, 5.41) is 0.0146. The minimum atomic E-state index is -3.75. The van der Waals surface area contributed by atoms with E-state index in [1.54, 1.807) is 20.8 Å². The largest absolute Gasteiger partial charge is 0.494 e. The Labute approximate surface area is 135 Å². The van der Waals surface area contributed by atoms with E-state index in [1.807, 2.05) is 0 Å². The highest BCUT2D eigenvalue weighted by molar-refractivity contribution is 7.58. The summed E-state index contributed by atoms with van der Waals surface area (Å²) in [6.07, 6.45) is -1.46. The Balaban J connectivity index is 3.26. The molecule has 0 N–H and O–H groups in total. The van der Waals surface area contributed by atoms with Gasteiger partial charge >= 0.3 is 19.5 Å². The molecule has 2 unspecified atom stereocenters. The summed E-state index contributed by atoms with van der Waals surface area (Å²) in [5.41, 5.74) is 0. The average Bonchev–Trinajstić information content (AvgIpc) is 2.42. The smallest absolute Gasteiger partial charge is 0.364 e. The van der Waals surface area contributed by atoms with Crippen molar-refractivity contribution in [2.45, 2.75) is 52.9 Å². The normalized spacial score (nSPS) is 24.4. The molecule has 0 aromatic heterocycles. The molecule has 132 valence electrons. The Bertz CT molecular complexity index is 505. The van der Waals surface area contributed by atoms with Crippen molar-refractivity contribution < 1.29 is 37.4 Å². The van der Waals surface area contributed by atoms with E-state index in [2.05, 4.69) is 0 Å². The van der Waals surface area contributed by atoms with E-state index in [1.165, 1.54) is 20.1 Å². The van der Waals surface area contributed by atoms with Crippen molar-refractivity contribution in [1.29, 1.82) is 0 Å². The Morgan fingerprint density at radius 3 is 2.09 bits per heavy atom. The number of rotatable bonds is 7. The van der Waals surface area contributed by atoms with E-state index in [9.17, 15) is 14.2 Å². The van der Waals surface area contributed by atoms with Crippen LogP contribution in [0.5, 0.6) is 0 Å². The molecule has 0 aliphatic carbocycles. The maximum atomic E-state index is 13.0. The molecule has 3 atom stereocenters. The highest BCUT2D eigenvalue weighted by Gasteiger charge is 2.48. The molecule has 0 bridgehead atoms. The lowest BCUT2D eigenvalue weighted by molar-refractivity contribution is -0.173. The summed E-state index contributed by atoms with van der Waals surface area (Å²) in [6, 6.07) is 0. The van der Waals surface area contributed by atoms with Gasteiger partial charge in [-0.2, -0.15) is 0 Å². The Hall–Kier alpha value is -1.37. The minimum absolute atomic E-state index is 0.0146. The minimum Gasteiger partial charge on any atom is -0.494 e. The fourth-order valence-corrected chi connectivity index (χ4v) is 3.89. The van der Waals surface area contributed by atoms with Crippen molar-refractivity contribution in [2.24, 2.45) is 0 Å². The molecule has 0 saturated carbocycles. The van der Waals surface area contributed by atoms with Gasteiger partial charge in [0.25, 0.3) is 0 Å². The molecule has 0 amide bonds. The van der Waals surface area contributed by atoms with Gasteiger partial charge in [0.05, 0.1) is 19.5 Å². The van der Waals surface area contributed by atoms with Crippen LogP contribution in [0, 0.1) is 0 Å². The molecule has 0 radical (unpaired) electrons. The van der Waals surface area contributed by atoms with Gasteiger partial charge in [0, 0.05) is 13.8 Å². The van der Waals surface area contributed by atoms with Crippen molar-refractivity contribution in [2.75, 3.05) is 13.2 Å². The van der Waals surface area contributed by atoms with Gasteiger partial charge in [0.1, 0.15) is 11.4 Å². The second-order valence-corrected chi connectivity index (χ2v) is 6.85. The third-order valence-electron chi connectivity index (χ3n) is 2.97. The first-order chi connectivity index (χ1) is 10.7. The number of carbonyl (C=O) groups excluding carboxylic acids is 2. The van der Waals surface area contributed by atoms with E-state index in [0.717, 1.165) is 0 Å². The van der Waals surface area contributed by atoms with Gasteiger partial charge in [-0.3, -0.25) is 14.2 Å². The van der Waals surface area contributed by atoms with Gasteiger partial charge in [0.2, 0.25) is 0 Å². The quantitative estimate of drug-likeness (QED) is 0.510. The Morgan fingerprint density at radius 1 is 1.13 bits per heavy atom. The predicted molar refractivity (Wildman–Crippen MR) is 80.6 cm³/mol. The van der Waals surface area contributed by atoms with Crippen LogP contribution in [0.2, 0.25) is 0 Å². The van der Waals surface area contributed by atoms with E-state index in [-0.39, 0.29) is 18.5 Å². The average molecular weight is 350 g/mol. The van der Waals surface area contributed by atoms with Crippen molar-refractivity contribution in [3.8, 4) is 0 Å². The number of ether oxygens (including phenoxy) is 3. The van der Waals surface area contributed by atoms with Crippen LogP contribution >= 0.6 is 7.60 Å². The molecule has 1 heterocycles. The standard InChI is InChI=1S/C14H23O8P/c1-6-19-23(17,20-7-2)12-8-18-9(3)13(21-10(4)15)14(12)22-11(5)16/h8-9,13-14H,6-7H2,1-5H3/t9-,13?,14?/m0/s1. The third kappa shape index (κ3) is 5.06. The molecule has 0 aromatic carbocycles. The van der Waals surface area contributed by atoms with Gasteiger partial charge in [-0.25, -0.2) is 0 Å². The van der Waals surface area contributed by atoms with Crippen LogP contribution in [0.15, 0.2) is 11.6 Å². The molecule has 1 rings (SSSR count). The summed E-state index contributed by atoms with van der Waals surface area (Å²) >= 11 is 0. The van der Waals surface area contributed by atoms with E-state index in [0.29, 0.717) is 0 Å². The van der Waals surface area contributed by atoms with Crippen molar-refractivity contribution in [3.05, 3.63) is 11.6 Å². The predicted octanol–water partition coefficient (Wildman–Crippen LogP) is 2.38. The highest BCUT2D eigenvalue weighted by atomic mass is 31.2. The lowest BCUT2D eigenvalue weighted by Gasteiger charge is -2.36. The zero-order valence-corrected chi connectivity index (χ0v) is 14.8. The fraction of sp³-hybridized carbons (Fsp3) is 0.714. The zero-order chi connectivity index (χ0) is 17.6. The van der Waals surface area contributed by atoms with Gasteiger partial charge in [0.15, 0.2) is 12.2 Å². The van der Waals surface area contributed by atoms with Crippen LogP contribution in [0.4, 0.5) is 0 Å². The molecule has 0 spiro atoms. The van der Waals surface area contributed by atoms with E-state index < -0.39 is 37.8 Å². The molecule has 23 heavy (non-hydrogen) atoms. The maximum Gasteiger partial charge on any atom is 0.364 e. The summed E-state index contributed by atoms with van der Waals surface area (Å²) in [6.45, 7) is 7.62. The highest BCUT2D eigenvalue weighted by Crippen LogP contribution is 2.59. The number of esters is 2. The summed E-state index contributed by atoms with van der Waals surface area (Å²) in [5.74, 6) is -1.20. The van der Waals surface area contributed by atoms with Crippen LogP contribution in [-0.4, -0.2) is 43.5 Å². The van der Waals surface area contributed by atoms with Gasteiger partial charge in [-0.05, 0) is 20.8 Å². The molecule has 8 nitrogen and oxygen atoms in total. The van der Waals surface area contributed by atoms with Gasteiger partial charge in [-0.1, -0.05) is 0 Å². The Morgan fingerprint density at radius 2 is 1.65 bits per heavy atom. The van der Waals surface area contributed by atoms with Gasteiger partial charge < -0.3 is 23.3 Å². The van der Waals surface area contributed by atoms with E-state index in [4.69, 9.17) is 23.3 Å². The summed E-state index contributed by atoms with van der Waals surface area (Å²) in [4.78, 5) is 22.8. The number of carbonyl (C=O) groups is 2. The summed E-state index contributed by atoms with van der Waals surface area (Å²) in [7, 11) is -3.75. The molecule has 0 saturated heterocycles. The third-order valence-corrected chi connectivity index (χ3v) is 5.15. The molecule has 1 aliphatic rings. The number of hydrogen-bond acceptors (Lipinski definition) is 8. The second kappa shape index (κ2) is 8.47. The van der Waals surface area contributed by atoms with Crippen LogP contribution in [0.25, 0.3) is 0 Å². The van der Waals surface area contributed by atoms with Gasteiger partial charge in [-0.15, -0.1) is 0 Å². The zero-order valence-electron chi connectivity index (χ0n) is 13.9. The molecule has 1 aliphatic heterocycles. The van der Waals surface area contributed by atoms with E-state index >= 15 is 0 Å². The monoisotopic (exact) mass is 350 g/mol. The topological polar surface area (TPSA) is 97.4 Å². The first kappa shape index (κ1) is 19.7. The lowest BCUT2D eigenvalue weighted by atomic mass is 10.1. The Kier molecular flexibility index (Phi) is 7.25. The van der Waals surface area contributed by atoms with Crippen LogP contribution < -0.4 is 0 Å². The van der Waals surface area contributed by atoms with Crippen molar-refractivity contribution >= 4 is 19.5 Å². The SMILES string of the molecule is CCOP(=O)(OCC)C1=CO[C@@H](C)C(OC(C)=O)C1OC(C)=O. The molecular weight excluding hydrogens is 327 g/mol. The molecule has 0 aromatic rings. The molecular formula is C14H23O8P. The second-order valence-electron chi connectivity index (χ2n) is 4.82. The maximum absolute atomic E-state index is 13.0. The molecule has 9 heteroatoms.